The van der Waals surface area contributed by atoms with Crippen molar-refractivity contribution < 1.29 is 4.74 Å². The monoisotopic (exact) mass is 296 g/mol. The molecule has 0 aliphatic heterocycles. The number of nitrogens with zero attached hydrogens (tertiary/aromatic N) is 1. The smallest absolute Gasteiger partial charge is 0.142 e. The maximum absolute atomic E-state index is 6.08. The van der Waals surface area contributed by atoms with Gasteiger partial charge in [0, 0.05) is 27.8 Å². The van der Waals surface area contributed by atoms with E-state index in [4.69, 9.17) is 33.7 Å². The molecule has 19 heavy (non-hydrogen) atoms. The number of aromatic nitrogens is 1. The van der Waals surface area contributed by atoms with E-state index in [1.807, 2.05) is 19.1 Å². The molecule has 1 aromatic carbocycles. The van der Waals surface area contributed by atoms with Crippen LogP contribution in [0.4, 0.5) is 0 Å². The number of halogens is 2. The van der Waals surface area contributed by atoms with Crippen LogP contribution in [-0.2, 0) is 13.2 Å². The van der Waals surface area contributed by atoms with Crippen LogP contribution in [0.2, 0.25) is 10.0 Å². The molecule has 0 spiro atoms. The van der Waals surface area contributed by atoms with Crippen molar-refractivity contribution in [2.45, 2.75) is 20.1 Å². The fraction of sp³-hybridized carbons (Fsp3) is 0.214. The highest BCUT2D eigenvalue weighted by atomic mass is 35.5. The number of hydrogen-bond donors (Lipinski definition) is 1. The summed E-state index contributed by atoms with van der Waals surface area (Å²) in [7, 11) is 0. The van der Waals surface area contributed by atoms with Crippen LogP contribution in [0.3, 0.4) is 0 Å². The molecule has 0 atom stereocenters. The zero-order valence-corrected chi connectivity index (χ0v) is 12.0. The van der Waals surface area contributed by atoms with E-state index >= 15 is 0 Å². The second kappa shape index (κ2) is 6.24. The van der Waals surface area contributed by atoms with Gasteiger partial charge in [0.25, 0.3) is 0 Å². The normalized spacial score (nSPS) is 10.5. The Kier molecular flexibility index (Phi) is 4.64. The summed E-state index contributed by atoms with van der Waals surface area (Å²) < 4.78 is 5.72. The predicted molar refractivity (Wildman–Crippen MR) is 77.7 cm³/mol. The van der Waals surface area contributed by atoms with Crippen LogP contribution in [0.1, 0.15) is 17.0 Å². The Morgan fingerprint density at radius 3 is 2.74 bits per heavy atom. The molecule has 0 saturated heterocycles. The van der Waals surface area contributed by atoms with E-state index in [-0.39, 0.29) is 0 Å². The average molecular weight is 297 g/mol. The summed E-state index contributed by atoms with van der Waals surface area (Å²) in [5.41, 5.74) is 8.13. The molecular weight excluding hydrogens is 283 g/mol. The lowest BCUT2D eigenvalue weighted by Crippen LogP contribution is -2.06. The molecule has 1 heterocycles. The van der Waals surface area contributed by atoms with Gasteiger partial charge in [-0.25, -0.2) is 0 Å². The summed E-state index contributed by atoms with van der Waals surface area (Å²) in [6, 6.07) is 9.02. The molecule has 1 aromatic heterocycles. The maximum atomic E-state index is 6.08. The molecule has 0 aliphatic rings. The molecular formula is C14H14Cl2N2O. The Morgan fingerprint density at radius 1 is 1.21 bits per heavy atom. The first kappa shape index (κ1) is 14.1. The van der Waals surface area contributed by atoms with Gasteiger partial charge in [-0.05, 0) is 37.3 Å². The standard InChI is InChI=1S/C14H14Cl2N2O/c1-9-2-5-14(13(7-17)18-9)19-8-10-6-11(15)3-4-12(10)16/h2-6H,7-8,17H2,1H3. The van der Waals surface area contributed by atoms with Gasteiger partial charge in [-0.1, -0.05) is 23.2 Å². The van der Waals surface area contributed by atoms with Gasteiger partial charge in [0.15, 0.2) is 0 Å². The van der Waals surface area contributed by atoms with E-state index in [0.717, 1.165) is 17.0 Å². The molecule has 100 valence electrons. The van der Waals surface area contributed by atoms with Crippen LogP contribution >= 0.6 is 23.2 Å². The highest BCUT2D eigenvalue weighted by Gasteiger charge is 2.07. The first-order valence-electron chi connectivity index (χ1n) is 5.83. The average Bonchev–Trinajstić information content (AvgIpc) is 2.40. The molecule has 0 aliphatic carbocycles. The van der Waals surface area contributed by atoms with Gasteiger partial charge in [-0.2, -0.15) is 0 Å². The Balaban J connectivity index is 2.16. The third kappa shape index (κ3) is 3.60. The molecule has 0 amide bonds. The maximum Gasteiger partial charge on any atom is 0.142 e. The highest BCUT2D eigenvalue weighted by Crippen LogP contribution is 2.23. The van der Waals surface area contributed by atoms with Crippen LogP contribution in [0.15, 0.2) is 30.3 Å². The number of hydrogen-bond acceptors (Lipinski definition) is 3. The van der Waals surface area contributed by atoms with Crippen molar-refractivity contribution in [2.24, 2.45) is 5.73 Å². The van der Waals surface area contributed by atoms with Crippen molar-refractivity contribution in [1.29, 1.82) is 0 Å². The van der Waals surface area contributed by atoms with Gasteiger partial charge in [-0.3, -0.25) is 4.98 Å². The Hall–Kier alpha value is -1.29. The van der Waals surface area contributed by atoms with Gasteiger partial charge in [0.05, 0.1) is 5.69 Å². The summed E-state index contributed by atoms with van der Waals surface area (Å²) in [5.74, 6) is 0.671. The van der Waals surface area contributed by atoms with Crippen LogP contribution < -0.4 is 10.5 Å². The van der Waals surface area contributed by atoms with Crippen molar-refractivity contribution in [3.8, 4) is 5.75 Å². The first-order chi connectivity index (χ1) is 9.10. The lowest BCUT2D eigenvalue weighted by atomic mass is 10.2. The quantitative estimate of drug-likeness (QED) is 0.935. The van der Waals surface area contributed by atoms with Gasteiger partial charge < -0.3 is 10.5 Å². The number of nitrogens with two attached hydrogens (primary N) is 1. The van der Waals surface area contributed by atoms with E-state index in [0.29, 0.717) is 28.9 Å². The fourth-order valence-corrected chi connectivity index (χ4v) is 2.05. The minimum Gasteiger partial charge on any atom is -0.487 e. The van der Waals surface area contributed by atoms with Gasteiger partial charge in [0.1, 0.15) is 12.4 Å². The zero-order chi connectivity index (χ0) is 13.8. The Bertz CT molecular complexity index is 588. The molecule has 5 heteroatoms. The lowest BCUT2D eigenvalue weighted by Gasteiger charge is -2.11. The summed E-state index contributed by atoms with van der Waals surface area (Å²) in [6.07, 6.45) is 0. The lowest BCUT2D eigenvalue weighted by molar-refractivity contribution is 0.301. The molecule has 0 radical (unpaired) electrons. The van der Waals surface area contributed by atoms with Crippen LogP contribution in [0.25, 0.3) is 0 Å². The van der Waals surface area contributed by atoms with E-state index in [1.165, 1.54) is 0 Å². The van der Waals surface area contributed by atoms with E-state index in [2.05, 4.69) is 4.98 Å². The number of aryl methyl sites for hydroxylation is 1. The summed E-state index contributed by atoms with van der Waals surface area (Å²) >= 11 is 12.0. The van der Waals surface area contributed by atoms with Crippen molar-refractivity contribution in [3.63, 3.8) is 0 Å². The van der Waals surface area contributed by atoms with Crippen molar-refractivity contribution in [3.05, 3.63) is 57.3 Å². The molecule has 0 bridgehead atoms. The summed E-state index contributed by atoms with van der Waals surface area (Å²) in [6.45, 7) is 2.58. The number of ether oxygens (including phenoxy) is 1. The number of benzene rings is 1. The van der Waals surface area contributed by atoms with Crippen LogP contribution in [-0.4, -0.2) is 4.98 Å². The van der Waals surface area contributed by atoms with E-state index in [9.17, 15) is 0 Å². The highest BCUT2D eigenvalue weighted by molar-refractivity contribution is 6.33. The molecule has 2 N–H and O–H groups in total. The number of rotatable bonds is 4. The molecule has 0 fully saturated rings. The largest absolute Gasteiger partial charge is 0.487 e. The third-order valence-corrected chi connectivity index (χ3v) is 3.26. The third-order valence-electron chi connectivity index (χ3n) is 2.66. The molecule has 2 rings (SSSR count). The molecule has 0 unspecified atom stereocenters. The second-order valence-corrected chi connectivity index (χ2v) is 4.97. The van der Waals surface area contributed by atoms with Gasteiger partial charge >= 0.3 is 0 Å². The topological polar surface area (TPSA) is 48.1 Å². The Labute approximate surface area is 122 Å². The van der Waals surface area contributed by atoms with Gasteiger partial charge in [0.2, 0.25) is 0 Å². The zero-order valence-electron chi connectivity index (χ0n) is 10.5. The SMILES string of the molecule is Cc1ccc(OCc2cc(Cl)ccc2Cl)c(CN)n1. The summed E-state index contributed by atoms with van der Waals surface area (Å²) in [4.78, 5) is 4.33. The fourth-order valence-electron chi connectivity index (χ4n) is 1.68. The van der Waals surface area contributed by atoms with Crippen molar-refractivity contribution in [2.75, 3.05) is 0 Å². The van der Waals surface area contributed by atoms with Crippen LogP contribution in [0, 0.1) is 6.92 Å². The van der Waals surface area contributed by atoms with Gasteiger partial charge in [-0.15, -0.1) is 0 Å². The predicted octanol–water partition coefficient (Wildman–Crippen LogP) is 3.73. The number of pyridine rings is 1. The van der Waals surface area contributed by atoms with Crippen molar-refractivity contribution >= 4 is 23.2 Å². The minimum absolute atomic E-state index is 0.330. The molecule has 0 saturated carbocycles. The molecule has 3 nitrogen and oxygen atoms in total. The van der Waals surface area contributed by atoms with Crippen molar-refractivity contribution in [1.82, 2.24) is 4.98 Å². The second-order valence-electron chi connectivity index (χ2n) is 4.13. The van der Waals surface area contributed by atoms with Crippen LogP contribution in [0.5, 0.6) is 5.75 Å². The summed E-state index contributed by atoms with van der Waals surface area (Å²) in [5, 5.41) is 1.25. The van der Waals surface area contributed by atoms with E-state index in [1.54, 1.807) is 18.2 Å². The minimum atomic E-state index is 0.330. The van der Waals surface area contributed by atoms with E-state index < -0.39 is 0 Å². The first-order valence-corrected chi connectivity index (χ1v) is 6.59. The Morgan fingerprint density at radius 2 is 2.00 bits per heavy atom. The molecule has 2 aromatic rings.